The Morgan fingerprint density at radius 1 is 1.40 bits per heavy atom. The van der Waals surface area contributed by atoms with Gasteiger partial charge in [0.2, 0.25) is 0 Å². The van der Waals surface area contributed by atoms with Crippen LogP contribution in [0.1, 0.15) is 25.7 Å². The molecule has 7 nitrogen and oxygen atoms in total. The van der Waals surface area contributed by atoms with Crippen LogP contribution in [0.5, 0.6) is 0 Å². The van der Waals surface area contributed by atoms with Crippen molar-refractivity contribution in [3.05, 3.63) is 0 Å². The molecular weight excluding hydrogens is 264 g/mol. The number of urea groups is 1. The average molecular weight is 286 g/mol. The molecule has 1 aliphatic heterocycles. The quantitative estimate of drug-likeness (QED) is 0.627. The van der Waals surface area contributed by atoms with Gasteiger partial charge in [0.15, 0.2) is 0 Å². The maximum atomic E-state index is 11.8. The van der Waals surface area contributed by atoms with E-state index in [4.69, 9.17) is 14.6 Å². The van der Waals surface area contributed by atoms with Crippen molar-refractivity contribution in [2.45, 2.75) is 43.9 Å². The number of carboxylic acid groups (broad SMARTS) is 1. The van der Waals surface area contributed by atoms with Crippen LogP contribution in [0.25, 0.3) is 0 Å². The van der Waals surface area contributed by atoms with Crippen molar-refractivity contribution >= 4 is 12.0 Å². The van der Waals surface area contributed by atoms with Crippen LogP contribution in [0.15, 0.2) is 0 Å². The fourth-order valence-corrected chi connectivity index (χ4v) is 2.51. The van der Waals surface area contributed by atoms with Crippen molar-refractivity contribution in [2.24, 2.45) is 5.92 Å². The van der Waals surface area contributed by atoms with Crippen LogP contribution in [0.2, 0.25) is 0 Å². The van der Waals surface area contributed by atoms with Gasteiger partial charge in [0.05, 0.1) is 24.7 Å². The number of carbonyl (C=O) groups excluding carboxylic acids is 1. The zero-order valence-electron chi connectivity index (χ0n) is 11.6. The number of nitrogens with one attached hydrogen (secondary N) is 2. The van der Waals surface area contributed by atoms with E-state index in [1.807, 2.05) is 0 Å². The van der Waals surface area contributed by atoms with Crippen molar-refractivity contribution < 1.29 is 24.2 Å². The molecule has 20 heavy (non-hydrogen) atoms. The van der Waals surface area contributed by atoms with Crippen LogP contribution in [-0.4, -0.2) is 55.6 Å². The van der Waals surface area contributed by atoms with Gasteiger partial charge in [0.1, 0.15) is 0 Å². The highest BCUT2D eigenvalue weighted by Crippen LogP contribution is 2.38. The summed E-state index contributed by atoms with van der Waals surface area (Å²) >= 11 is 0. The van der Waals surface area contributed by atoms with Crippen molar-refractivity contribution in [3.63, 3.8) is 0 Å². The molecule has 0 aromatic heterocycles. The normalized spacial score (nSPS) is 27.1. The molecule has 1 heterocycles. The Morgan fingerprint density at radius 3 is 2.75 bits per heavy atom. The zero-order chi connectivity index (χ0) is 14.5. The van der Waals surface area contributed by atoms with E-state index in [-0.39, 0.29) is 31.1 Å². The van der Waals surface area contributed by atoms with Crippen molar-refractivity contribution in [1.29, 1.82) is 0 Å². The van der Waals surface area contributed by atoms with Gasteiger partial charge in [-0.2, -0.15) is 0 Å². The van der Waals surface area contributed by atoms with Gasteiger partial charge in [0, 0.05) is 20.3 Å². The zero-order valence-corrected chi connectivity index (χ0v) is 11.6. The lowest BCUT2D eigenvalue weighted by molar-refractivity contribution is -0.139. The predicted molar refractivity (Wildman–Crippen MR) is 70.5 cm³/mol. The number of hydrogen-bond donors (Lipinski definition) is 3. The molecule has 1 saturated carbocycles. The first-order chi connectivity index (χ1) is 9.60. The molecule has 2 fully saturated rings. The first-order valence-electron chi connectivity index (χ1n) is 7.00. The molecule has 114 valence electrons. The molecule has 2 rings (SSSR count). The average Bonchev–Trinajstić information content (AvgIpc) is 3.15. The summed E-state index contributed by atoms with van der Waals surface area (Å²) < 4.78 is 10.6. The highest BCUT2D eigenvalue weighted by atomic mass is 16.5. The molecular formula is C13H22N2O5. The molecule has 0 radical (unpaired) electrons. The summed E-state index contributed by atoms with van der Waals surface area (Å²) in [6.45, 7) is 0.863. The standard InChI is InChI=1S/C13H22N2O5/c1-19-9(6-11(16)17)7-14-13(18)15-10-4-5-20-12(10)8-2-3-8/h8-10,12H,2-7H2,1H3,(H,16,17)(H2,14,15,18). The minimum absolute atomic E-state index is 0.0583. The van der Waals surface area contributed by atoms with E-state index in [0.717, 1.165) is 6.42 Å². The third-order valence-electron chi connectivity index (χ3n) is 3.76. The SMILES string of the molecule is COC(CNC(=O)NC1CCOC1C1CC1)CC(=O)O. The second-order valence-electron chi connectivity index (χ2n) is 5.38. The Morgan fingerprint density at radius 2 is 2.15 bits per heavy atom. The summed E-state index contributed by atoms with van der Waals surface area (Å²) in [5.74, 6) is -0.362. The molecule has 0 bridgehead atoms. The first kappa shape index (κ1) is 15.1. The van der Waals surface area contributed by atoms with Crippen LogP contribution < -0.4 is 10.6 Å². The number of carbonyl (C=O) groups is 2. The van der Waals surface area contributed by atoms with Crippen LogP contribution in [0.4, 0.5) is 4.79 Å². The summed E-state index contributed by atoms with van der Waals surface area (Å²) in [4.78, 5) is 22.4. The van der Waals surface area contributed by atoms with E-state index in [9.17, 15) is 9.59 Å². The summed E-state index contributed by atoms with van der Waals surface area (Å²) in [7, 11) is 1.43. The van der Waals surface area contributed by atoms with Gasteiger partial charge in [-0.05, 0) is 25.2 Å². The minimum Gasteiger partial charge on any atom is -0.481 e. The molecule has 3 N–H and O–H groups in total. The number of amides is 2. The van der Waals surface area contributed by atoms with E-state index in [1.165, 1.54) is 20.0 Å². The van der Waals surface area contributed by atoms with E-state index in [1.54, 1.807) is 0 Å². The highest BCUT2D eigenvalue weighted by molar-refractivity contribution is 5.74. The van der Waals surface area contributed by atoms with Crippen LogP contribution >= 0.6 is 0 Å². The Labute approximate surface area is 118 Å². The van der Waals surface area contributed by atoms with E-state index in [0.29, 0.717) is 12.5 Å². The maximum Gasteiger partial charge on any atom is 0.315 e. The highest BCUT2D eigenvalue weighted by Gasteiger charge is 2.41. The number of rotatable bonds is 7. The second-order valence-corrected chi connectivity index (χ2v) is 5.38. The van der Waals surface area contributed by atoms with Gasteiger partial charge in [-0.1, -0.05) is 0 Å². The molecule has 0 spiro atoms. The Bertz CT molecular complexity index is 359. The number of methoxy groups -OCH3 is 1. The summed E-state index contributed by atoms with van der Waals surface area (Å²) in [5.41, 5.74) is 0. The number of ether oxygens (including phenoxy) is 2. The molecule has 1 aliphatic carbocycles. The molecule has 0 aromatic carbocycles. The third-order valence-corrected chi connectivity index (χ3v) is 3.76. The molecule has 0 aromatic rings. The summed E-state index contributed by atoms with van der Waals surface area (Å²) in [6.07, 6.45) is 2.67. The van der Waals surface area contributed by atoms with Gasteiger partial charge in [0.25, 0.3) is 0 Å². The van der Waals surface area contributed by atoms with Crippen molar-refractivity contribution in [3.8, 4) is 0 Å². The van der Waals surface area contributed by atoms with Gasteiger partial charge in [-0.3, -0.25) is 4.79 Å². The Balaban J connectivity index is 1.70. The molecule has 3 atom stereocenters. The lowest BCUT2D eigenvalue weighted by Crippen LogP contribution is -2.48. The summed E-state index contributed by atoms with van der Waals surface area (Å²) in [6, 6.07) is -0.235. The van der Waals surface area contributed by atoms with Crippen molar-refractivity contribution in [1.82, 2.24) is 10.6 Å². The fourth-order valence-electron chi connectivity index (χ4n) is 2.51. The topological polar surface area (TPSA) is 96.9 Å². The Hall–Kier alpha value is -1.34. The Kier molecular flexibility index (Phi) is 5.19. The van der Waals surface area contributed by atoms with Crippen molar-refractivity contribution in [2.75, 3.05) is 20.3 Å². The molecule has 7 heteroatoms. The predicted octanol–water partition coefficient (Wildman–Crippen LogP) is 0.343. The smallest absolute Gasteiger partial charge is 0.315 e. The molecule has 2 amide bonds. The first-order valence-corrected chi connectivity index (χ1v) is 7.00. The lowest BCUT2D eigenvalue weighted by Gasteiger charge is -2.20. The number of aliphatic carboxylic acids is 1. The maximum absolute atomic E-state index is 11.8. The van der Waals surface area contributed by atoms with Crippen LogP contribution in [-0.2, 0) is 14.3 Å². The monoisotopic (exact) mass is 286 g/mol. The van der Waals surface area contributed by atoms with Gasteiger partial charge >= 0.3 is 12.0 Å². The number of carboxylic acids is 1. The largest absolute Gasteiger partial charge is 0.481 e. The van der Waals surface area contributed by atoms with Crippen LogP contribution in [0.3, 0.4) is 0 Å². The molecule has 1 saturated heterocycles. The minimum atomic E-state index is -0.947. The molecule has 2 aliphatic rings. The van der Waals surface area contributed by atoms with Gasteiger partial charge in [-0.25, -0.2) is 4.79 Å². The lowest BCUT2D eigenvalue weighted by atomic mass is 10.1. The van der Waals surface area contributed by atoms with E-state index < -0.39 is 12.1 Å². The molecule has 3 unspecified atom stereocenters. The second kappa shape index (κ2) is 6.90. The van der Waals surface area contributed by atoms with E-state index >= 15 is 0 Å². The summed E-state index contributed by atoms with van der Waals surface area (Å²) in [5, 5.41) is 14.2. The third kappa shape index (κ3) is 4.35. The van der Waals surface area contributed by atoms with Gasteiger partial charge in [-0.15, -0.1) is 0 Å². The van der Waals surface area contributed by atoms with Crippen LogP contribution in [0, 0.1) is 5.92 Å². The fraction of sp³-hybridized carbons (Fsp3) is 0.846. The number of hydrogen-bond acceptors (Lipinski definition) is 4. The van der Waals surface area contributed by atoms with E-state index in [2.05, 4.69) is 10.6 Å². The van der Waals surface area contributed by atoms with Gasteiger partial charge < -0.3 is 25.2 Å².